The molecule has 0 fully saturated rings. The average Bonchev–Trinajstić information content (AvgIpc) is 2.91. The maximum atomic E-state index is 11.7. The molecule has 124 valence electrons. The van der Waals surface area contributed by atoms with Gasteiger partial charge < -0.3 is 19.9 Å². The third-order valence-corrected chi connectivity index (χ3v) is 3.11. The van der Waals surface area contributed by atoms with Crippen LogP contribution in [0.4, 0.5) is 4.79 Å². The van der Waals surface area contributed by atoms with Crippen LogP contribution in [0.15, 0.2) is 28.8 Å². The number of urea groups is 1. The van der Waals surface area contributed by atoms with Gasteiger partial charge in [0, 0.05) is 18.0 Å². The number of rotatable bonds is 7. The lowest BCUT2D eigenvalue weighted by atomic mass is 10.3. The van der Waals surface area contributed by atoms with Crippen molar-refractivity contribution in [2.24, 2.45) is 0 Å². The molecule has 0 aliphatic rings. The molecule has 0 aliphatic carbocycles. The Morgan fingerprint density at radius 2 is 2.26 bits per heavy atom. The fourth-order valence-electron chi connectivity index (χ4n) is 1.84. The van der Waals surface area contributed by atoms with Crippen LogP contribution < -0.4 is 15.4 Å². The smallest absolute Gasteiger partial charge is 0.314 e. The molecule has 0 bridgehead atoms. The number of ether oxygens (including phenoxy) is 1. The van der Waals surface area contributed by atoms with Gasteiger partial charge in [-0.15, -0.1) is 0 Å². The molecule has 1 heterocycles. The normalized spacial score (nSPS) is 11.8. The van der Waals surface area contributed by atoms with Crippen molar-refractivity contribution in [3.63, 3.8) is 0 Å². The number of aromatic nitrogens is 2. The quantitative estimate of drug-likeness (QED) is 0.808. The van der Waals surface area contributed by atoms with Crippen LogP contribution in [0.3, 0.4) is 0 Å². The number of amides is 2. The molecule has 0 saturated heterocycles. The van der Waals surface area contributed by atoms with Crippen molar-refractivity contribution in [1.29, 1.82) is 0 Å². The predicted molar refractivity (Wildman–Crippen MR) is 85.7 cm³/mol. The summed E-state index contributed by atoms with van der Waals surface area (Å²) in [6.07, 6.45) is 0.306. The fourth-order valence-corrected chi connectivity index (χ4v) is 2.02. The summed E-state index contributed by atoms with van der Waals surface area (Å²) in [4.78, 5) is 15.7. The molecule has 0 radical (unpaired) electrons. The summed E-state index contributed by atoms with van der Waals surface area (Å²) in [6.45, 7) is 4.39. The van der Waals surface area contributed by atoms with E-state index >= 15 is 0 Å². The predicted octanol–water partition coefficient (Wildman–Crippen LogP) is 2.34. The van der Waals surface area contributed by atoms with Crippen LogP contribution in [0, 0.1) is 6.92 Å². The third kappa shape index (κ3) is 6.15. The van der Waals surface area contributed by atoms with E-state index in [1.807, 2.05) is 19.1 Å². The number of carbonyl (C=O) groups excluding carboxylic acids is 1. The second-order valence-electron chi connectivity index (χ2n) is 5.01. The van der Waals surface area contributed by atoms with Gasteiger partial charge in [0.05, 0.1) is 6.54 Å². The Kier molecular flexibility index (Phi) is 6.22. The van der Waals surface area contributed by atoms with E-state index in [9.17, 15) is 4.79 Å². The van der Waals surface area contributed by atoms with Crippen molar-refractivity contribution < 1.29 is 14.1 Å². The number of nitrogens with zero attached hydrogens (tertiary/aromatic N) is 2. The van der Waals surface area contributed by atoms with Gasteiger partial charge in [-0.05, 0) is 32.0 Å². The van der Waals surface area contributed by atoms with Gasteiger partial charge in [0.15, 0.2) is 5.82 Å². The van der Waals surface area contributed by atoms with Crippen LogP contribution in [0.5, 0.6) is 5.75 Å². The fraction of sp³-hybridized carbons (Fsp3) is 0.400. The lowest BCUT2D eigenvalue weighted by Crippen LogP contribution is -2.41. The van der Waals surface area contributed by atoms with E-state index in [1.54, 1.807) is 19.1 Å². The first-order chi connectivity index (χ1) is 11.0. The van der Waals surface area contributed by atoms with Gasteiger partial charge in [0.2, 0.25) is 5.89 Å². The minimum absolute atomic E-state index is 0.183. The summed E-state index contributed by atoms with van der Waals surface area (Å²) < 4.78 is 10.6. The SMILES string of the molecule is Cc1noc(CCNC(=O)NC[C@@H](C)Oc2cccc(Cl)c2)n1. The molecular weight excluding hydrogens is 320 g/mol. The molecule has 8 heteroatoms. The second-order valence-corrected chi connectivity index (χ2v) is 5.44. The molecular formula is C15H19ClN4O3. The van der Waals surface area contributed by atoms with Crippen LogP contribution in [-0.2, 0) is 6.42 Å². The largest absolute Gasteiger partial charge is 0.489 e. The molecule has 2 amide bonds. The zero-order valence-electron chi connectivity index (χ0n) is 13.0. The third-order valence-electron chi connectivity index (χ3n) is 2.88. The van der Waals surface area contributed by atoms with Crippen LogP contribution in [-0.4, -0.2) is 35.4 Å². The van der Waals surface area contributed by atoms with Crippen molar-refractivity contribution in [3.8, 4) is 5.75 Å². The summed E-state index contributed by atoms with van der Waals surface area (Å²) in [5.74, 6) is 1.75. The molecule has 2 N–H and O–H groups in total. The Morgan fingerprint density at radius 3 is 2.96 bits per heavy atom. The van der Waals surface area contributed by atoms with Gasteiger partial charge in [0.25, 0.3) is 0 Å². The molecule has 7 nitrogen and oxygen atoms in total. The maximum absolute atomic E-state index is 11.7. The van der Waals surface area contributed by atoms with Crippen molar-refractivity contribution in [2.45, 2.75) is 26.4 Å². The van der Waals surface area contributed by atoms with Crippen molar-refractivity contribution in [2.75, 3.05) is 13.1 Å². The van der Waals surface area contributed by atoms with E-state index in [0.29, 0.717) is 42.0 Å². The summed E-state index contributed by atoms with van der Waals surface area (Å²) in [6, 6.07) is 6.85. The Hall–Kier alpha value is -2.28. The van der Waals surface area contributed by atoms with Crippen molar-refractivity contribution >= 4 is 17.6 Å². The highest BCUT2D eigenvalue weighted by atomic mass is 35.5. The van der Waals surface area contributed by atoms with Crippen LogP contribution in [0.2, 0.25) is 5.02 Å². The minimum atomic E-state index is -0.275. The summed E-state index contributed by atoms with van der Waals surface area (Å²) in [5, 5.41) is 9.74. The zero-order chi connectivity index (χ0) is 16.7. The molecule has 2 rings (SSSR count). The molecule has 0 unspecified atom stereocenters. The topological polar surface area (TPSA) is 89.3 Å². The van der Waals surface area contributed by atoms with Gasteiger partial charge in [-0.2, -0.15) is 4.98 Å². The van der Waals surface area contributed by atoms with Crippen LogP contribution in [0.25, 0.3) is 0 Å². The number of hydrogen-bond donors (Lipinski definition) is 2. The van der Waals surface area contributed by atoms with Crippen molar-refractivity contribution in [1.82, 2.24) is 20.8 Å². The summed E-state index contributed by atoms with van der Waals surface area (Å²) in [7, 11) is 0. The van der Waals surface area contributed by atoms with Gasteiger partial charge in [-0.3, -0.25) is 0 Å². The van der Waals surface area contributed by atoms with Crippen LogP contribution in [0.1, 0.15) is 18.6 Å². The monoisotopic (exact) mass is 338 g/mol. The highest BCUT2D eigenvalue weighted by Crippen LogP contribution is 2.18. The number of nitrogens with one attached hydrogen (secondary N) is 2. The number of hydrogen-bond acceptors (Lipinski definition) is 5. The van der Waals surface area contributed by atoms with Crippen molar-refractivity contribution in [3.05, 3.63) is 41.0 Å². The van der Waals surface area contributed by atoms with E-state index in [4.69, 9.17) is 20.9 Å². The van der Waals surface area contributed by atoms with E-state index < -0.39 is 0 Å². The first-order valence-electron chi connectivity index (χ1n) is 7.26. The standard InChI is InChI=1S/C15H19ClN4O3/c1-10(22-13-5-3-4-12(16)8-13)9-18-15(21)17-7-6-14-19-11(2)20-23-14/h3-5,8,10H,6-7,9H2,1-2H3,(H2,17,18,21)/t10-/m1/s1. The summed E-state index contributed by atoms with van der Waals surface area (Å²) in [5.41, 5.74) is 0. The Bertz CT molecular complexity index is 647. The first kappa shape index (κ1) is 17.1. The van der Waals surface area contributed by atoms with Gasteiger partial charge in [0.1, 0.15) is 11.9 Å². The Labute approximate surface area is 139 Å². The van der Waals surface area contributed by atoms with E-state index in [0.717, 1.165) is 0 Å². The van der Waals surface area contributed by atoms with Gasteiger partial charge in [-0.1, -0.05) is 22.8 Å². The maximum Gasteiger partial charge on any atom is 0.314 e. The van der Waals surface area contributed by atoms with Crippen LogP contribution >= 0.6 is 11.6 Å². The molecule has 1 aromatic carbocycles. The first-order valence-corrected chi connectivity index (χ1v) is 7.64. The molecule has 2 aromatic rings. The van der Waals surface area contributed by atoms with E-state index in [2.05, 4.69) is 20.8 Å². The molecule has 0 saturated carbocycles. The average molecular weight is 339 g/mol. The number of benzene rings is 1. The zero-order valence-corrected chi connectivity index (χ0v) is 13.8. The van der Waals surface area contributed by atoms with Gasteiger partial charge >= 0.3 is 6.03 Å². The van der Waals surface area contributed by atoms with E-state index in [1.165, 1.54) is 0 Å². The lowest BCUT2D eigenvalue weighted by molar-refractivity contribution is 0.207. The molecule has 0 spiro atoms. The summed E-state index contributed by atoms with van der Waals surface area (Å²) >= 11 is 5.89. The highest BCUT2D eigenvalue weighted by Gasteiger charge is 2.08. The highest BCUT2D eigenvalue weighted by molar-refractivity contribution is 6.30. The van der Waals surface area contributed by atoms with Gasteiger partial charge in [-0.25, -0.2) is 4.79 Å². The van der Waals surface area contributed by atoms with E-state index in [-0.39, 0.29) is 12.1 Å². The number of halogens is 1. The minimum Gasteiger partial charge on any atom is -0.489 e. The molecule has 1 atom stereocenters. The Balaban J connectivity index is 1.63. The molecule has 23 heavy (non-hydrogen) atoms. The number of aryl methyl sites for hydroxylation is 1. The molecule has 0 aliphatic heterocycles. The number of carbonyl (C=O) groups is 1. The Morgan fingerprint density at radius 1 is 1.43 bits per heavy atom. The molecule has 1 aromatic heterocycles. The second kappa shape index (κ2) is 8.38. The lowest BCUT2D eigenvalue weighted by Gasteiger charge is -2.15.